The van der Waals surface area contributed by atoms with Gasteiger partial charge in [-0.25, -0.2) is 4.98 Å². The Kier molecular flexibility index (Phi) is 3.20. The second-order valence-electron chi connectivity index (χ2n) is 6.13. The van der Waals surface area contributed by atoms with Crippen LogP contribution < -0.4 is 5.32 Å². The van der Waals surface area contributed by atoms with E-state index in [0.29, 0.717) is 6.04 Å². The van der Waals surface area contributed by atoms with Crippen LogP contribution in [0.25, 0.3) is 0 Å². The smallest absolute Gasteiger partial charge is 0.114 e. The van der Waals surface area contributed by atoms with Gasteiger partial charge in [-0.05, 0) is 40.0 Å². The maximum absolute atomic E-state index is 4.76. The van der Waals surface area contributed by atoms with Crippen LogP contribution in [0.5, 0.6) is 0 Å². The van der Waals surface area contributed by atoms with Crippen molar-refractivity contribution >= 4 is 11.3 Å². The van der Waals surface area contributed by atoms with Crippen LogP contribution in [0.4, 0.5) is 0 Å². The second-order valence-corrected chi connectivity index (χ2v) is 6.98. The lowest BCUT2D eigenvalue weighted by atomic mass is 9.98. The molecule has 2 fully saturated rings. The van der Waals surface area contributed by atoms with Crippen molar-refractivity contribution in [1.29, 1.82) is 0 Å². The lowest BCUT2D eigenvalue weighted by Crippen LogP contribution is -2.48. The van der Waals surface area contributed by atoms with E-state index in [-0.39, 0.29) is 5.54 Å². The number of nitrogens with one attached hydrogen (secondary N) is 1. The summed E-state index contributed by atoms with van der Waals surface area (Å²) in [6.45, 7) is 8.94. The lowest BCUT2D eigenvalue weighted by Gasteiger charge is -2.31. The molecule has 100 valence electrons. The molecule has 1 saturated carbocycles. The SMILES string of the molecule is Cc1csc(C2(NC(C)C)CCN(C3CC3)C2)n1. The highest BCUT2D eigenvalue weighted by atomic mass is 32.1. The number of hydrogen-bond acceptors (Lipinski definition) is 4. The van der Waals surface area contributed by atoms with Crippen molar-refractivity contribution in [3.63, 3.8) is 0 Å². The fraction of sp³-hybridized carbons (Fsp3) is 0.786. The Morgan fingerprint density at radius 2 is 2.28 bits per heavy atom. The zero-order chi connectivity index (χ0) is 12.8. The minimum Gasteiger partial charge on any atom is -0.302 e. The molecule has 0 radical (unpaired) electrons. The summed E-state index contributed by atoms with van der Waals surface area (Å²) < 4.78 is 0. The molecule has 1 N–H and O–H groups in total. The average molecular weight is 265 g/mol. The van der Waals surface area contributed by atoms with E-state index in [0.717, 1.165) is 18.3 Å². The van der Waals surface area contributed by atoms with Crippen LogP contribution in [0, 0.1) is 6.92 Å². The van der Waals surface area contributed by atoms with Crippen LogP contribution in [0.2, 0.25) is 0 Å². The number of hydrogen-bond donors (Lipinski definition) is 1. The molecule has 0 amide bonds. The van der Waals surface area contributed by atoms with Gasteiger partial charge in [0.25, 0.3) is 0 Å². The third kappa shape index (κ3) is 2.33. The van der Waals surface area contributed by atoms with Crippen LogP contribution in [0.3, 0.4) is 0 Å². The van der Waals surface area contributed by atoms with Crippen molar-refractivity contribution in [3.05, 3.63) is 16.1 Å². The standard InChI is InChI=1S/C14H23N3S/c1-10(2)16-14(13-15-11(3)8-18-13)6-7-17(9-14)12-4-5-12/h8,10,12,16H,4-7,9H2,1-3H3. The van der Waals surface area contributed by atoms with Crippen molar-refractivity contribution in [2.75, 3.05) is 13.1 Å². The van der Waals surface area contributed by atoms with Gasteiger partial charge in [0.15, 0.2) is 0 Å². The monoisotopic (exact) mass is 265 g/mol. The van der Waals surface area contributed by atoms with Crippen LogP contribution >= 0.6 is 11.3 Å². The maximum atomic E-state index is 4.76. The average Bonchev–Trinajstić information content (AvgIpc) is 2.92. The summed E-state index contributed by atoms with van der Waals surface area (Å²) in [5.74, 6) is 0. The van der Waals surface area contributed by atoms with Crippen LogP contribution in [0.1, 0.15) is 43.8 Å². The van der Waals surface area contributed by atoms with Gasteiger partial charge in [-0.1, -0.05) is 0 Å². The molecule has 3 nitrogen and oxygen atoms in total. The van der Waals surface area contributed by atoms with E-state index >= 15 is 0 Å². The quantitative estimate of drug-likeness (QED) is 0.906. The molecule has 1 aliphatic heterocycles. The molecule has 1 atom stereocenters. The van der Waals surface area contributed by atoms with Gasteiger partial charge < -0.3 is 5.32 Å². The first-order chi connectivity index (χ1) is 8.59. The molecule has 2 aliphatic rings. The Balaban J connectivity index is 1.84. The molecule has 18 heavy (non-hydrogen) atoms. The van der Waals surface area contributed by atoms with Crippen LogP contribution in [-0.2, 0) is 5.54 Å². The molecule has 0 spiro atoms. The summed E-state index contributed by atoms with van der Waals surface area (Å²) in [6.07, 6.45) is 4.00. The zero-order valence-electron chi connectivity index (χ0n) is 11.6. The summed E-state index contributed by atoms with van der Waals surface area (Å²) in [5.41, 5.74) is 1.26. The Labute approximate surface area is 114 Å². The van der Waals surface area contributed by atoms with Gasteiger partial charge in [-0.2, -0.15) is 0 Å². The molecular formula is C14H23N3S. The Morgan fingerprint density at radius 3 is 2.83 bits per heavy atom. The summed E-state index contributed by atoms with van der Waals surface area (Å²) in [7, 11) is 0. The highest BCUT2D eigenvalue weighted by Crippen LogP contribution is 2.39. The first kappa shape index (κ1) is 12.6. The molecule has 1 unspecified atom stereocenters. The Bertz CT molecular complexity index is 424. The van der Waals surface area contributed by atoms with Crippen molar-refractivity contribution in [1.82, 2.24) is 15.2 Å². The maximum Gasteiger partial charge on any atom is 0.114 e. The van der Waals surface area contributed by atoms with Gasteiger partial charge in [0.1, 0.15) is 5.01 Å². The first-order valence-corrected chi connectivity index (χ1v) is 7.91. The topological polar surface area (TPSA) is 28.2 Å². The summed E-state index contributed by atoms with van der Waals surface area (Å²) in [4.78, 5) is 7.42. The van der Waals surface area contributed by atoms with Crippen LogP contribution in [-0.4, -0.2) is 35.1 Å². The van der Waals surface area contributed by atoms with E-state index in [4.69, 9.17) is 4.98 Å². The Hall–Kier alpha value is -0.450. The fourth-order valence-electron chi connectivity index (χ4n) is 3.07. The molecule has 1 aliphatic carbocycles. The Morgan fingerprint density at radius 1 is 1.50 bits per heavy atom. The van der Waals surface area contributed by atoms with E-state index < -0.39 is 0 Å². The molecule has 0 bridgehead atoms. The number of rotatable bonds is 4. The minimum absolute atomic E-state index is 0.107. The van der Waals surface area contributed by atoms with E-state index in [9.17, 15) is 0 Å². The highest BCUT2D eigenvalue weighted by molar-refractivity contribution is 7.09. The molecule has 4 heteroatoms. The number of nitrogens with zero attached hydrogens (tertiary/aromatic N) is 2. The van der Waals surface area contributed by atoms with Crippen LogP contribution in [0.15, 0.2) is 5.38 Å². The largest absolute Gasteiger partial charge is 0.302 e. The molecule has 3 rings (SSSR count). The van der Waals surface area contributed by atoms with Crippen molar-refractivity contribution in [2.45, 2.75) is 57.7 Å². The first-order valence-electron chi connectivity index (χ1n) is 7.03. The lowest BCUT2D eigenvalue weighted by molar-refractivity contribution is 0.262. The normalized spacial score (nSPS) is 29.3. The third-order valence-electron chi connectivity index (χ3n) is 3.96. The second kappa shape index (κ2) is 4.58. The molecule has 0 aromatic carbocycles. The van der Waals surface area contributed by atoms with E-state index in [1.807, 2.05) is 11.3 Å². The number of aryl methyl sites for hydroxylation is 1. The van der Waals surface area contributed by atoms with Gasteiger partial charge in [-0.15, -0.1) is 11.3 Å². The van der Waals surface area contributed by atoms with E-state index in [1.165, 1.54) is 30.8 Å². The summed E-state index contributed by atoms with van der Waals surface area (Å²) in [6, 6.07) is 1.37. The number of thiazole rings is 1. The van der Waals surface area contributed by atoms with Crippen molar-refractivity contribution in [3.8, 4) is 0 Å². The summed E-state index contributed by atoms with van der Waals surface area (Å²) >= 11 is 1.82. The molecule has 1 aromatic heterocycles. The fourth-order valence-corrected chi connectivity index (χ4v) is 4.05. The molecule has 2 heterocycles. The van der Waals surface area contributed by atoms with Gasteiger partial charge >= 0.3 is 0 Å². The summed E-state index contributed by atoms with van der Waals surface area (Å²) in [5, 5.41) is 7.27. The number of aromatic nitrogens is 1. The number of likely N-dealkylation sites (tertiary alicyclic amines) is 1. The van der Waals surface area contributed by atoms with E-state index in [1.54, 1.807) is 0 Å². The van der Waals surface area contributed by atoms with Crippen molar-refractivity contribution < 1.29 is 0 Å². The molecule has 1 aromatic rings. The predicted molar refractivity (Wildman–Crippen MR) is 76.0 cm³/mol. The zero-order valence-corrected chi connectivity index (χ0v) is 12.4. The van der Waals surface area contributed by atoms with Gasteiger partial charge in [0.2, 0.25) is 0 Å². The molecule has 1 saturated heterocycles. The van der Waals surface area contributed by atoms with E-state index in [2.05, 4.69) is 36.4 Å². The third-order valence-corrected chi connectivity index (χ3v) is 5.12. The van der Waals surface area contributed by atoms with Gasteiger partial charge in [0, 0.05) is 36.2 Å². The molecular weight excluding hydrogens is 242 g/mol. The van der Waals surface area contributed by atoms with Gasteiger partial charge in [0.05, 0.1) is 5.54 Å². The predicted octanol–water partition coefficient (Wildman–Crippen LogP) is 2.51. The van der Waals surface area contributed by atoms with Crippen molar-refractivity contribution in [2.24, 2.45) is 0 Å². The van der Waals surface area contributed by atoms with Gasteiger partial charge in [-0.3, -0.25) is 4.90 Å². The minimum atomic E-state index is 0.107. The highest BCUT2D eigenvalue weighted by Gasteiger charge is 2.46.